The molecule has 0 bridgehead atoms. The Bertz CT molecular complexity index is 777. The second-order valence-electron chi connectivity index (χ2n) is 7.03. The summed E-state index contributed by atoms with van der Waals surface area (Å²) < 4.78 is 11.1. The number of nitrogens with one attached hydrogen (secondary N) is 2. The summed E-state index contributed by atoms with van der Waals surface area (Å²) in [6.45, 7) is 8.72. The Morgan fingerprint density at radius 1 is 1.00 bits per heavy atom. The lowest BCUT2D eigenvalue weighted by atomic mass is 10.1. The van der Waals surface area contributed by atoms with Gasteiger partial charge in [-0.15, -0.1) is 24.0 Å². The van der Waals surface area contributed by atoms with E-state index in [2.05, 4.69) is 50.9 Å². The lowest BCUT2D eigenvalue weighted by Crippen LogP contribution is -2.36. The van der Waals surface area contributed by atoms with Gasteiger partial charge in [0.1, 0.15) is 5.75 Å². The zero-order valence-corrected chi connectivity index (χ0v) is 20.2. The van der Waals surface area contributed by atoms with Gasteiger partial charge in [-0.1, -0.05) is 42.5 Å². The second kappa shape index (κ2) is 13.5. The van der Waals surface area contributed by atoms with E-state index in [1.54, 1.807) is 7.05 Å². The summed E-state index contributed by atoms with van der Waals surface area (Å²) >= 11 is 0. The highest BCUT2D eigenvalue weighted by Crippen LogP contribution is 2.17. The number of hydrogen-bond donors (Lipinski definition) is 2. The van der Waals surface area contributed by atoms with Crippen molar-refractivity contribution in [3.8, 4) is 5.75 Å². The Labute approximate surface area is 197 Å². The molecule has 0 unspecified atom stereocenters. The lowest BCUT2D eigenvalue weighted by Gasteiger charge is -2.26. The third kappa shape index (κ3) is 7.77. The Morgan fingerprint density at radius 3 is 2.37 bits per heavy atom. The number of morpholine rings is 1. The first-order valence-electron chi connectivity index (χ1n) is 10.3. The van der Waals surface area contributed by atoms with Gasteiger partial charge in [-0.05, 0) is 24.1 Å². The number of halogens is 1. The fourth-order valence-corrected chi connectivity index (χ4v) is 3.31. The van der Waals surface area contributed by atoms with E-state index in [4.69, 9.17) is 9.47 Å². The van der Waals surface area contributed by atoms with Crippen molar-refractivity contribution in [2.45, 2.75) is 26.6 Å². The molecule has 1 aliphatic rings. The molecule has 6 nitrogen and oxygen atoms in total. The van der Waals surface area contributed by atoms with Crippen molar-refractivity contribution in [3.05, 3.63) is 65.2 Å². The van der Waals surface area contributed by atoms with Crippen LogP contribution in [0.25, 0.3) is 0 Å². The van der Waals surface area contributed by atoms with Gasteiger partial charge >= 0.3 is 0 Å². The number of para-hydroxylation sites is 1. The van der Waals surface area contributed by atoms with Crippen LogP contribution in [0.15, 0.2) is 53.5 Å². The van der Waals surface area contributed by atoms with Crippen LogP contribution in [0.2, 0.25) is 0 Å². The summed E-state index contributed by atoms with van der Waals surface area (Å²) in [6.07, 6.45) is 0. The average molecular weight is 524 g/mol. The van der Waals surface area contributed by atoms with Crippen molar-refractivity contribution in [3.63, 3.8) is 0 Å². The summed E-state index contributed by atoms with van der Waals surface area (Å²) in [7, 11) is 1.79. The smallest absolute Gasteiger partial charge is 0.191 e. The van der Waals surface area contributed by atoms with Crippen LogP contribution in [-0.4, -0.2) is 50.8 Å². The van der Waals surface area contributed by atoms with E-state index in [1.807, 2.05) is 25.1 Å². The zero-order chi connectivity index (χ0) is 20.3. The van der Waals surface area contributed by atoms with E-state index in [0.29, 0.717) is 13.2 Å². The van der Waals surface area contributed by atoms with Gasteiger partial charge in [0.2, 0.25) is 0 Å². The summed E-state index contributed by atoms with van der Waals surface area (Å²) in [5, 5.41) is 6.74. The molecule has 3 rings (SSSR count). The normalized spacial score (nSPS) is 14.7. The molecule has 0 radical (unpaired) electrons. The number of ether oxygens (including phenoxy) is 2. The van der Waals surface area contributed by atoms with Crippen LogP contribution in [0.1, 0.15) is 23.6 Å². The minimum atomic E-state index is 0. The predicted molar refractivity (Wildman–Crippen MR) is 133 cm³/mol. The van der Waals surface area contributed by atoms with Crippen LogP contribution < -0.4 is 15.4 Å². The molecule has 0 aliphatic carbocycles. The maximum absolute atomic E-state index is 5.69. The molecule has 2 aromatic carbocycles. The highest BCUT2D eigenvalue weighted by molar-refractivity contribution is 14.0. The van der Waals surface area contributed by atoms with Gasteiger partial charge in [-0.2, -0.15) is 0 Å². The standard InChI is InChI=1S/C23H32N4O2.HI/c1-3-29-22-7-5-4-6-21(22)17-26-23(24-2)25-16-19-8-10-20(11-9-19)18-27-12-14-28-15-13-27;/h4-11H,3,12-18H2,1-2H3,(H2,24,25,26);1H. The fourth-order valence-electron chi connectivity index (χ4n) is 3.31. The van der Waals surface area contributed by atoms with Gasteiger partial charge < -0.3 is 20.1 Å². The van der Waals surface area contributed by atoms with Gasteiger partial charge in [0.25, 0.3) is 0 Å². The number of rotatable bonds is 8. The number of nitrogens with zero attached hydrogens (tertiary/aromatic N) is 2. The van der Waals surface area contributed by atoms with Gasteiger partial charge in [-0.25, -0.2) is 0 Å². The second-order valence-corrected chi connectivity index (χ2v) is 7.03. The molecule has 0 saturated carbocycles. The molecule has 30 heavy (non-hydrogen) atoms. The van der Waals surface area contributed by atoms with Crippen LogP contribution in [0.3, 0.4) is 0 Å². The van der Waals surface area contributed by atoms with Crippen molar-refractivity contribution in [1.29, 1.82) is 0 Å². The van der Waals surface area contributed by atoms with Crippen molar-refractivity contribution in [2.24, 2.45) is 4.99 Å². The molecular weight excluding hydrogens is 491 g/mol. The predicted octanol–water partition coefficient (Wildman–Crippen LogP) is 3.40. The van der Waals surface area contributed by atoms with Gasteiger partial charge in [0, 0.05) is 45.3 Å². The van der Waals surface area contributed by atoms with Crippen molar-refractivity contribution < 1.29 is 9.47 Å². The number of hydrogen-bond acceptors (Lipinski definition) is 4. The Kier molecular flexibility index (Phi) is 11.0. The summed E-state index contributed by atoms with van der Waals surface area (Å²) in [5.74, 6) is 1.68. The van der Waals surface area contributed by atoms with Gasteiger partial charge in [-0.3, -0.25) is 9.89 Å². The van der Waals surface area contributed by atoms with Gasteiger partial charge in [0.05, 0.1) is 19.8 Å². The molecule has 0 amide bonds. The Balaban J connectivity index is 0.00000320. The Morgan fingerprint density at radius 2 is 1.67 bits per heavy atom. The van der Waals surface area contributed by atoms with Crippen LogP contribution in [-0.2, 0) is 24.4 Å². The molecule has 0 aromatic heterocycles. The summed E-state index contributed by atoms with van der Waals surface area (Å²) in [5.41, 5.74) is 3.68. The Hall–Kier alpha value is -1.84. The number of benzene rings is 2. The molecule has 0 atom stereocenters. The monoisotopic (exact) mass is 524 g/mol. The maximum atomic E-state index is 5.69. The maximum Gasteiger partial charge on any atom is 0.191 e. The molecule has 1 saturated heterocycles. The highest BCUT2D eigenvalue weighted by Gasteiger charge is 2.10. The van der Waals surface area contributed by atoms with E-state index >= 15 is 0 Å². The first-order chi connectivity index (χ1) is 14.3. The molecular formula is C23H33IN4O2. The molecule has 7 heteroatoms. The first kappa shape index (κ1) is 24.4. The first-order valence-corrected chi connectivity index (χ1v) is 10.3. The van der Waals surface area contributed by atoms with Crippen LogP contribution in [0.5, 0.6) is 5.75 Å². The summed E-state index contributed by atoms with van der Waals surface area (Å²) in [4.78, 5) is 6.76. The van der Waals surface area contributed by atoms with Gasteiger partial charge in [0.15, 0.2) is 5.96 Å². The van der Waals surface area contributed by atoms with Crippen LogP contribution >= 0.6 is 24.0 Å². The van der Waals surface area contributed by atoms with E-state index in [1.165, 1.54) is 11.1 Å². The van der Waals surface area contributed by atoms with E-state index < -0.39 is 0 Å². The van der Waals surface area contributed by atoms with E-state index in [0.717, 1.165) is 56.7 Å². The van der Waals surface area contributed by atoms with Crippen molar-refractivity contribution in [1.82, 2.24) is 15.5 Å². The summed E-state index contributed by atoms with van der Waals surface area (Å²) in [6, 6.07) is 16.9. The van der Waals surface area contributed by atoms with E-state index in [-0.39, 0.29) is 24.0 Å². The number of guanidine groups is 1. The largest absolute Gasteiger partial charge is 0.494 e. The molecule has 1 aliphatic heterocycles. The third-order valence-electron chi connectivity index (χ3n) is 4.94. The third-order valence-corrected chi connectivity index (χ3v) is 4.94. The lowest BCUT2D eigenvalue weighted by molar-refractivity contribution is 0.0342. The number of aliphatic imine (C=N–C) groups is 1. The molecule has 2 aromatic rings. The average Bonchev–Trinajstić information content (AvgIpc) is 2.77. The minimum Gasteiger partial charge on any atom is -0.494 e. The fraction of sp³-hybridized carbons (Fsp3) is 0.435. The quantitative estimate of drug-likeness (QED) is 0.315. The molecule has 0 spiro atoms. The minimum absolute atomic E-state index is 0. The molecule has 2 N–H and O–H groups in total. The van der Waals surface area contributed by atoms with Crippen molar-refractivity contribution >= 4 is 29.9 Å². The van der Waals surface area contributed by atoms with Crippen LogP contribution in [0, 0.1) is 0 Å². The molecule has 164 valence electrons. The van der Waals surface area contributed by atoms with E-state index in [9.17, 15) is 0 Å². The van der Waals surface area contributed by atoms with Crippen LogP contribution in [0.4, 0.5) is 0 Å². The zero-order valence-electron chi connectivity index (χ0n) is 17.9. The SMILES string of the molecule is CCOc1ccccc1CNC(=NC)NCc1ccc(CN2CCOCC2)cc1.I. The van der Waals surface area contributed by atoms with Crippen molar-refractivity contribution in [2.75, 3.05) is 40.0 Å². The highest BCUT2D eigenvalue weighted by atomic mass is 127. The topological polar surface area (TPSA) is 58.1 Å². The molecule has 1 heterocycles. The molecule has 1 fully saturated rings.